The number of allylic oxidation sites excluding steroid dienone is 1. The van der Waals surface area contributed by atoms with Crippen molar-refractivity contribution in [3.05, 3.63) is 64.5 Å². The van der Waals surface area contributed by atoms with E-state index in [1.165, 1.54) is 6.20 Å². The molecule has 0 fully saturated rings. The fraction of sp³-hybridized carbons (Fsp3) is 0.318. The molecule has 8 heteroatoms. The van der Waals surface area contributed by atoms with Gasteiger partial charge in [-0.05, 0) is 55.1 Å². The van der Waals surface area contributed by atoms with Crippen molar-refractivity contribution in [2.45, 2.75) is 39.8 Å². The van der Waals surface area contributed by atoms with Crippen LogP contribution >= 0.6 is 23.2 Å². The lowest BCUT2D eigenvalue weighted by atomic mass is 10.0. The standard InChI is InChI=1S/C22H25Cl2N5O/c1-4-14-11-16(5-2)26-22(24)29-20(14)27-18-10-9-15(12-25-18)21(30)28-19-13(3)7-6-8-17(19)23/h6-12,14,20H,4-5H2,1-3H3,(H,25,27)(H,26,29)(H,28,30). The predicted octanol–water partition coefficient (Wildman–Crippen LogP) is 5.55. The molecule has 2 heterocycles. The maximum absolute atomic E-state index is 12.6. The summed E-state index contributed by atoms with van der Waals surface area (Å²) in [5.74, 6) is 0.508. The van der Waals surface area contributed by atoms with Crippen LogP contribution < -0.4 is 16.0 Å². The Morgan fingerprint density at radius 2 is 2.00 bits per heavy atom. The molecule has 1 aliphatic rings. The molecule has 0 saturated heterocycles. The zero-order valence-corrected chi connectivity index (χ0v) is 18.7. The van der Waals surface area contributed by atoms with E-state index in [4.69, 9.17) is 23.2 Å². The number of anilines is 2. The first kappa shape index (κ1) is 22.1. The van der Waals surface area contributed by atoms with Crippen molar-refractivity contribution in [1.82, 2.24) is 10.3 Å². The van der Waals surface area contributed by atoms with Gasteiger partial charge in [-0.1, -0.05) is 43.7 Å². The van der Waals surface area contributed by atoms with Crippen molar-refractivity contribution in [3.8, 4) is 0 Å². The van der Waals surface area contributed by atoms with Gasteiger partial charge >= 0.3 is 0 Å². The fourth-order valence-corrected chi connectivity index (χ4v) is 3.70. The Morgan fingerprint density at radius 3 is 2.63 bits per heavy atom. The van der Waals surface area contributed by atoms with Crippen LogP contribution in [0.1, 0.15) is 42.6 Å². The van der Waals surface area contributed by atoms with Gasteiger partial charge in [-0.15, -0.1) is 0 Å². The lowest BCUT2D eigenvalue weighted by Crippen LogP contribution is -2.27. The Hall–Kier alpha value is -2.57. The van der Waals surface area contributed by atoms with Gasteiger partial charge in [0.2, 0.25) is 0 Å². The van der Waals surface area contributed by atoms with Crippen molar-refractivity contribution >= 4 is 45.9 Å². The molecule has 0 bridgehead atoms. The largest absolute Gasteiger partial charge is 0.348 e. The van der Waals surface area contributed by atoms with E-state index in [-0.39, 0.29) is 18.0 Å². The fourth-order valence-electron chi connectivity index (χ4n) is 3.20. The number of hydrogen-bond acceptors (Lipinski definition) is 5. The number of para-hydroxylation sites is 1. The van der Waals surface area contributed by atoms with Gasteiger partial charge < -0.3 is 16.0 Å². The number of aryl methyl sites for hydroxylation is 1. The Kier molecular flexibility index (Phi) is 7.34. The van der Waals surface area contributed by atoms with Crippen LogP contribution in [0.5, 0.6) is 0 Å². The monoisotopic (exact) mass is 445 g/mol. The number of amides is 1. The predicted molar refractivity (Wildman–Crippen MR) is 124 cm³/mol. The highest BCUT2D eigenvalue weighted by Gasteiger charge is 2.22. The average molecular weight is 446 g/mol. The van der Waals surface area contributed by atoms with Gasteiger partial charge in [-0.3, -0.25) is 4.79 Å². The van der Waals surface area contributed by atoms with E-state index in [2.05, 4.69) is 45.9 Å². The van der Waals surface area contributed by atoms with Crippen LogP contribution in [0.4, 0.5) is 11.5 Å². The molecule has 1 amide bonds. The molecule has 2 atom stereocenters. The Labute approximate surface area is 186 Å². The molecule has 0 saturated carbocycles. The molecule has 1 aromatic heterocycles. The van der Waals surface area contributed by atoms with Crippen LogP contribution in [0, 0.1) is 12.8 Å². The quantitative estimate of drug-likeness (QED) is 0.509. The lowest BCUT2D eigenvalue weighted by molar-refractivity contribution is 0.102. The first-order valence-corrected chi connectivity index (χ1v) is 10.7. The highest BCUT2D eigenvalue weighted by atomic mass is 35.5. The summed E-state index contributed by atoms with van der Waals surface area (Å²) in [6.45, 7) is 6.07. The molecule has 6 nitrogen and oxygen atoms in total. The summed E-state index contributed by atoms with van der Waals surface area (Å²) < 4.78 is 0. The number of aliphatic imine (C=N–C) groups is 1. The van der Waals surface area contributed by atoms with E-state index < -0.39 is 0 Å². The van der Waals surface area contributed by atoms with Crippen molar-refractivity contribution in [1.29, 1.82) is 0 Å². The minimum Gasteiger partial charge on any atom is -0.348 e. The lowest BCUT2D eigenvalue weighted by Gasteiger charge is -2.21. The molecule has 30 heavy (non-hydrogen) atoms. The van der Waals surface area contributed by atoms with Crippen LogP contribution in [0.2, 0.25) is 5.02 Å². The molecule has 0 spiro atoms. The first-order chi connectivity index (χ1) is 14.4. The zero-order chi connectivity index (χ0) is 21.7. The van der Waals surface area contributed by atoms with Gasteiger partial charge in [-0.2, -0.15) is 0 Å². The van der Waals surface area contributed by atoms with Gasteiger partial charge in [0.15, 0.2) is 5.29 Å². The Balaban J connectivity index is 1.73. The third kappa shape index (κ3) is 5.32. The van der Waals surface area contributed by atoms with E-state index in [0.717, 1.165) is 24.1 Å². The van der Waals surface area contributed by atoms with Crippen LogP contribution in [0.25, 0.3) is 0 Å². The minimum absolute atomic E-state index is 0.164. The topological polar surface area (TPSA) is 78.4 Å². The highest BCUT2D eigenvalue weighted by molar-refractivity contribution is 6.64. The summed E-state index contributed by atoms with van der Waals surface area (Å²) in [6, 6.07) is 8.95. The summed E-state index contributed by atoms with van der Waals surface area (Å²) in [5, 5.41) is 10.1. The van der Waals surface area contributed by atoms with Crippen molar-refractivity contribution in [2.24, 2.45) is 10.9 Å². The third-order valence-corrected chi connectivity index (χ3v) is 5.48. The van der Waals surface area contributed by atoms with Crippen molar-refractivity contribution in [2.75, 3.05) is 10.6 Å². The highest BCUT2D eigenvalue weighted by Crippen LogP contribution is 2.26. The summed E-state index contributed by atoms with van der Waals surface area (Å²) in [5.41, 5.74) is 2.98. The van der Waals surface area contributed by atoms with Gasteiger partial charge in [0.1, 0.15) is 12.0 Å². The Bertz CT molecular complexity index is 952. The molecule has 158 valence electrons. The SMILES string of the molecule is CCC1=CC(CC)C(Nc2ccc(C(=O)Nc3c(C)cccc3Cl)cn2)N=C(Cl)N1. The van der Waals surface area contributed by atoms with Crippen molar-refractivity contribution in [3.63, 3.8) is 0 Å². The smallest absolute Gasteiger partial charge is 0.257 e. The Morgan fingerprint density at radius 1 is 1.20 bits per heavy atom. The number of rotatable bonds is 6. The summed E-state index contributed by atoms with van der Waals surface area (Å²) in [7, 11) is 0. The van der Waals surface area contributed by atoms with Crippen LogP contribution in [-0.4, -0.2) is 22.4 Å². The molecule has 3 N–H and O–H groups in total. The number of benzene rings is 1. The number of hydrogen-bond donors (Lipinski definition) is 3. The van der Waals surface area contributed by atoms with Gasteiger partial charge in [0.25, 0.3) is 5.91 Å². The molecule has 0 radical (unpaired) electrons. The number of pyridine rings is 1. The third-order valence-electron chi connectivity index (χ3n) is 4.97. The van der Waals surface area contributed by atoms with E-state index in [1.54, 1.807) is 18.2 Å². The van der Waals surface area contributed by atoms with E-state index in [0.29, 0.717) is 27.4 Å². The maximum Gasteiger partial charge on any atom is 0.257 e. The van der Waals surface area contributed by atoms with Gasteiger partial charge in [0.05, 0.1) is 16.3 Å². The van der Waals surface area contributed by atoms with E-state index in [9.17, 15) is 4.79 Å². The normalized spacial score (nSPS) is 18.6. The molecule has 2 unspecified atom stereocenters. The number of nitrogens with zero attached hydrogens (tertiary/aromatic N) is 2. The number of carbonyl (C=O) groups excluding carboxylic acids is 1. The molecule has 1 aliphatic heterocycles. The maximum atomic E-state index is 12.6. The second kappa shape index (κ2) is 9.96. The van der Waals surface area contributed by atoms with E-state index >= 15 is 0 Å². The van der Waals surface area contributed by atoms with Gasteiger partial charge in [0, 0.05) is 17.8 Å². The number of nitrogens with one attached hydrogen (secondary N) is 3. The van der Waals surface area contributed by atoms with Crippen LogP contribution in [-0.2, 0) is 0 Å². The average Bonchev–Trinajstić information content (AvgIpc) is 2.89. The molecule has 1 aromatic carbocycles. The van der Waals surface area contributed by atoms with E-state index in [1.807, 2.05) is 19.1 Å². The second-order valence-electron chi connectivity index (χ2n) is 7.07. The van der Waals surface area contributed by atoms with Crippen LogP contribution in [0.15, 0.2) is 53.3 Å². The van der Waals surface area contributed by atoms with Crippen LogP contribution in [0.3, 0.4) is 0 Å². The van der Waals surface area contributed by atoms with Crippen molar-refractivity contribution < 1.29 is 4.79 Å². The first-order valence-electron chi connectivity index (χ1n) is 9.91. The summed E-state index contributed by atoms with van der Waals surface area (Å²) in [6.07, 6.45) is 5.18. The number of carbonyl (C=O) groups is 1. The van der Waals surface area contributed by atoms with Gasteiger partial charge in [-0.25, -0.2) is 9.98 Å². The molecule has 0 aliphatic carbocycles. The molecule has 2 aromatic rings. The number of aromatic nitrogens is 1. The molecule has 3 rings (SSSR count). The minimum atomic E-state index is -0.271. The molecular formula is C22H25Cl2N5O. The second-order valence-corrected chi connectivity index (χ2v) is 7.83. The summed E-state index contributed by atoms with van der Waals surface area (Å²) >= 11 is 12.4. The molecular weight excluding hydrogens is 421 g/mol. The summed E-state index contributed by atoms with van der Waals surface area (Å²) in [4.78, 5) is 21.5. The number of halogens is 2. The zero-order valence-electron chi connectivity index (χ0n) is 17.2. The number of amidine groups is 1.